The monoisotopic (exact) mass is 315 g/mol. The number of hydrogen-bond donors (Lipinski definition) is 2. The molecule has 0 saturated heterocycles. The van der Waals surface area contributed by atoms with E-state index in [2.05, 4.69) is 16.9 Å². The Labute approximate surface area is 141 Å². The third kappa shape index (κ3) is 4.35. The van der Waals surface area contributed by atoms with Crippen LogP contribution in [0.25, 0.3) is 0 Å². The Balaban J connectivity index is 1.58. The van der Waals surface area contributed by atoms with Crippen LogP contribution in [0.15, 0.2) is 78.9 Å². The molecule has 0 aliphatic rings. The fourth-order valence-electron chi connectivity index (χ4n) is 2.22. The third-order valence-electron chi connectivity index (χ3n) is 3.42. The van der Waals surface area contributed by atoms with E-state index in [-0.39, 0.29) is 0 Å². The average Bonchev–Trinajstić information content (AvgIpc) is 2.64. The molecular weight excluding hydrogens is 298 g/mol. The van der Waals surface area contributed by atoms with Gasteiger partial charge in [-0.25, -0.2) is 5.43 Å². The molecule has 0 heterocycles. The SMILES string of the molecule is N#Cc1ccc(Oc2cccc(CNNc3ccccc3)c2)cc1. The number of nitrogens with one attached hydrogen (secondary N) is 2. The summed E-state index contributed by atoms with van der Waals surface area (Å²) in [6.07, 6.45) is 0. The summed E-state index contributed by atoms with van der Waals surface area (Å²) < 4.78 is 5.83. The number of benzene rings is 3. The van der Waals surface area contributed by atoms with E-state index in [1.165, 1.54) is 0 Å². The highest BCUT2D eigenvalue weighted by Crippen LogP contribution is 2.22. The summed E-state index contributed by atoms with van der Waals surface area (Å²) in [6, 6.07) is 27.0. The lowest BCUT2D eigenvalue weighted by Gasteiger charge is -2.10. The lowest BCUT2D eigenvalue weighted by Crippen LogP contribution is -2.20. The molecule has 0 saturated carbocycles. The van der Waals surface area contributed by atoms with Crippen LogP contribution in [0.3, 0.4) is 0 Å². The van der Waals surface area contributed by atoms with E-state index in [1.807, 2.05) is 54.6 Å². The van der Waals surface area contributed by atoms with Gasteiger partial charge in [0.2, 0.25) is 0 Å². The van der Waals surface area contributed by atoms with Crippen molar-refractivity contribution >= 4 is 5.69 Å². The fourth-order valence-corrected chi connectivity index (χ4v) is 2.22. The van der Waals surface area contributed by atoms with E-state index in [9.17, 15) is 0 Å². The summed E-state index contributed by atoms with van der Waals surface area (Å²) in [4.78, 5) is 0. The first kappa shape index (κ1) is 15.6. The highest BCUT2D eigenvalue weighted by molar-refractivity contribution is 5.41. The van der Waals surface area contributed by atoms with Gasteiger partial charge in [-0.3, -0.25) is 0 Å². The number of para-hydroxylation sites is 1. The first-order chi connectivity index (χ1) is 11.8. The first-order valence-electron chi connectivity index (χ1n) is 7.64. The third-order valence-corrected chi connectivity index (χ3v) is 3.42. The van der Waals surface area contributed by atoms with Crippen molar-refractivity contribution in [2.75, 3.05) is 5.43 Å². The van der Waals surface area contributed by atoms with Crippen molar-refractivity contribution in [3.05, 3.63) is 90.0 Å². The first-order valence-corrected chi connectivity index (χ1v) is 7.64. The molecule has 0 fully saturated rings. The van der Waals surface area contributed by atoms with Crippen LogP contribution in [0.5, 0.6) is 11.5 Å². The van der Waals surface area contributed by atoms with Crippen molar-refractivity contribution in [3.63, 3.8) is 0 Å². The van der Waals surface area contributed by atoms with Crippen molar-refractivity contribution in [2.45, 2.75) is 6.54 Å². The summed E-state index contributed by atoms with van der Waals surface area (Å²) in [5.74, 6) is 1.47. The van der Waals surface area contributed by atoms with Crippen LogP contribution in [0.2, 0.25) is 0 Å². The van der Waals surface area contributed by atoms with Crippen LogP contribution >= 0.6 is 0 Å². The van der Waals surface area contributed by atoms with Gasteiger partial charge < -0.3 is 10.2 Å². The molecule has 24 heavy (non-hydrogen) atoms. The molecule has 0 amide bonds. The zero-order chi connectivity index (χ0) is 16.6. The molecule has 0 aliphatic heterocycles. The van der Waals surface area contributed by atoms with Crippen LogP contribution in [0.1, 0.15) is 11.1 Å². The van der Waals surface area contributed by atoms with Crippen molar-refractivity contribution < 1.29 is 4.74 Å². The molecule has 4 nitrogen and oxygen atoms in total. The van der Waals surface area contributed by atoms with Gasteiger partial charge in [-0.15, -0.1) is 0 Å². The van der Waals surface area contributed by atoms with E-state index < -0.39 is 0 Å². The molecule has 0 spiro atoms. The van der Waals surface area contributed by atoms with Crippen molar-refractivity contribution in [2.24, 2.45) is 0 Å². The maximum Gasteiger partial charge on any atom is 0.127 e. The molecular formula is C20H17N3O. The summed E-state index contributed by atoms with van der Waals surface area (Å²) in [6.45, 7) is 0.666. The van der Waals surface area contributed by atoms with Gasteiger partial charge in [0, 0.05) is 12.2 Å². The summed E-state index contributed by atoms with van der Waals surface area (Å²) in [5.41, 5.74) is 9.07. The lowest BCUT2D eigenvalue weighted by atomic mass is 10.2. The maximum atomic E-state index is 8.82. The van der Waals surface area contributed by atoms with E-state index in [0.717, 1.165) is 17.0 Å². The van der Waals surface area contributed by atoms with Crippen molar-refractivity contribution in [1.82, 2.24) is 5.43 Å². The van der Waals surface area contributed by atoms with Gasteiger partial charge in [0.05, 0.1) is 11.6 Å². The number of nitrogens with zero attached hydrogens (tertiary/aromatic N) is 1. The van der Waals surface area contributed by atoms with Gasteiger partial charge in [0.15, 0.2) is 0 Å². The highest BCUT2D eigenvalue weighted by Gasteiger charge is 2.00. The second kappa shape index (κ2) is 7.82. The van der Waals surface area contributed by atoms with Crippen LogP contribution in [-0.4, -0.2) is 0 Å². The molecule has 0 aliphatic carbocycles. The standard InChI is InChI=1S/C20H17N3O/c21-14-16-9-11-19(12-10-16)24-20-8-4-5-17(13-20)15-22-23-18-6-2-1-3-7-18/h1-13,22-23H,15H2. The Morgan fingerprint density at radius 1 is 0.833 bits per heavy atom. The van der Waals surface area contributed by atoms with Crippen LogP contribution in [-0.2, 0) is 6.54 Å². The molecule has 2 N–H and O–H groups in total. The van der Waals surface area contributed by atoms with Gasteiger partial charge in [-0.05, 0) is 54.1 Å². The number of hydrogen-bond acceptors (Lipinski definition) is 4. The number of rotatable bonds is 6. The van der Waals surface area contributed by atoms with E-state index in [4.69, 9.17) is 10.00 Å². The minimum absolute atomic E-state index is 0.618. The van der Waals surface area contributed by atoms with Gasteiger partial charge in [0.25, 0.3) is 0 Å². The van der Waals surface area contributed by atoms with Crippen LogP contribution in [0.4, 0.5) is 5.69 Å². The van der Waals surface area contributed by atoms with Gasteiger partial charge in [-0.1, -0.05) is 30.3 Å². The minimum Gasteiger partial charge on any atom is -0.457 e. The highest BCUT2D eigenvalue weighted by atomic mass is 16.5. The van der Waals surface area contributed by atoms with Gasteiger partial charge in [0.1, 0.15) is 11.5 Å². The predicted octanol–water partition coefficient (Wildman–Crippen LogP) is 4.47. The Morgan fingerprint density at radius 2 is 1.62 bits per heavy atom. The number of hydrazine groups is 1. The Morgan fingerprint density at radius 3 is 2.38 bits per heavy atom. The molecule has 3 aromatic carbocycles. The molecule has 3 aromatic rings. The quantitative estimate of drug-likeness (QED) is 0.659. The average molecular weight is 315 g/mol. The normalized spacial score (nSPS) is 9.96. The smallest absolute Gasteiger partial charge is 0.127 e. The lowest BCUT2D eigenvalue weighted by molar-refractivity contribution is 0.481. The number of nitriles is 1. The molecule has 3 rings (SSSR count). The predicted molar refractivity (Wildman–Crippen MR) is 94.6 cm³/mol. The zero-order valence-corrected chi connectivity index (χ0v) is 13.1. The van der Waals surface area contributed by atoms with Crippen molar-refractivity contribution in [3.8, 4) is 17.6 Å². The molecule has 0 bridgehead atoms. The van der Waals surface area contributed by atoms with Crippen LogP contribution < -0.4 is 15.6 Å². The number of anilines is 1. The van der Waals surface area contributed by atoms with Crippen LogP contribution in [0, 0.1) is 11.3 Å². The fraction of sp³-hybridized carbons (Fsp3) is 0.0500. The largest absolute Gasteiger partial charge is 0.457 e. The molecule has 0 radical (unpaired) electrons. The zero-order valence-electron chi connectivity index (χ0n) is 13.1. The second-order valence-electron chi connectivity index (χ2n) is 5.23. The molecule has 4 heteroatoms. The summed E-state index contributed by atoms with van der Waals surface area (Å²) in [7, 11) is 0. The Hall–Kier alpha value is -3.29. The Bertz CT molecular complexity index is 824. The minimum atomic E-state index is 0.618. The molecule has 0 aromatic heterocycles. The van der Waals surface area contributed by atoms with E-state index in [0.29, 0.717) is 17.9 Å². The molecule has 118 valence electrons. The van der Waals surface area contributed by atoms with Crippen molar-refractivity contribution in [1.29, 1.82) is 5.26 Å². The summed E-state index contributed by atoms with van der Waals surface area (Å²) in [5, 5.41) is 8.82. The second-order valence-corrected chi connectivity index (χ2v) is 5.23. The topological polar surface area (TPSA) is 57.1 Å². The Kier molecular flexibility index (Phi) is 5.08. The van der Waals surface area contributed by atoms with E-state index in [1.54, 1.807) is 24.3 Å². The summed E-state index contributed by atoms with van der Waals surface area (Å²) >= 11 is 0. The maximum absolute atomic E-state index is 8.82. The number of ether oxygens (including phenoxy) is 1. The van der Waals surface area contributed by atoms with Gasteiger partial charge in [-0.2, -0.15) is 5.26 Å². The molecule has 0 unspecified atom stereocenters. The molecule has 0 atom stereocenters. The van der Waals surface area contributed by atoms with E-state index >= 15 is 0 Å². The van der Waals surface area contributed by atoms with Gasteiger partial charge >= 0.3 is 0 Å².